The van der Waals surface area contributed by atoms with Gasteiger partial charge >= 0.3 is 0 Å². The van der Waals surface area contributed by atoms with Crippen LogP contribution in [-0.4, -0.2) is 20.9 Å². The van der Waals surface area contributed by atoms with Crippen molar-refractivity contribution in [3.63, 3.8) is 0 Å². The van der Waals surface area contributed by atoms with Gasteiger partial charge in [0.05, 0.1) is 24.1 Å². The third-order valence-corrected chi connectivity index (χ3v) is 3.08. The van der Waals surface area contributed by atoms with Crippen LogP contribution >= 0.6 is 0 Å². The summed E-state index contributed by atoms with van der Waals surface area (Å²) in [4.78, 5) is 23.5. The molecule has 3 aromatic rings. The maximum atomic E-state index is 12.1. The Hall–Kier alpha value is -2.69. The summed E-state index contributed by atoms with van der Waals surface area (Å²) in [5.74, 6) is -0.121. The number of hydrogen-bond donors (Lipinski definition) is 2. The number of hydrogen-bond acceptors (Lipinski definition) is 3. The third-order valence-electron chi connectivity index (χ3n) is 3.08. The molecule has 0 fully saturated rings. The van der Waals surface area contributed by atoms with Gasteiger partial charge in [-0.3, -0.25) is 14.8 Å². The molecule has 5 heteroatoms. The highest BCUT2D eigenvalue weighted by Gasteiger charge is 2.07. The smallest absolute Gasteiger partial charge is 0.251 e. The molecule has 0 unspecified atom stereocenters. The van der Waals surface area contributed by atoms with Gasteiger partial charge in [0.1, 0.15) is 0 Å². The Kier molecular flexibility index (Phi) is 3.16. The van der Waals surface area contributed by atoms with E-state index in [0.29, 0.717) is 12.1 Å². The lowest BCUT2D eigenvalue weighted by molar-refractivity contribution is 0.0950. The molecule has 2 N–H and O–H groups in total. The van der Waals surface area contributed by atoms with Gasteiger partial charge in [0.15, 0.2) is 0 Å². The van der Waals surface area contributed by atoms with E-state index in [1.807, 2.05) is 37.4 Å². The molecule has 5 nitrogen and oxygen atoms in total. The maximum absolute atomic E-state index is 12.1. The van der Waals surface area contributed by atoms with Gasteiger partial charge in [-0.05, 0) is 30.5 Å². The summed E-state index contributed by atoms with van der Waals surface area (Å²) in [6.45, 7) is 2.25. The number of aromatic nitrogens is 3. The van der Waals surface area contributed by atoms with Crippen LogP contribution in [0.3, 0.4) is 0 Å². The van der Waals surface area contributed by atoms with Gasteiger partial charge in [0, 0.05) is 23.5 Å². The summed E-state index contributed by atoms with van der Waals surface area (Å²) in [6.07, 6.45) is 5.21. The van der Waals surface area contributed by atoms with Crippen molar-refractivity contribution in [3.05, 3.63) is 59.8 Å². The lowest BCUT2D eigenvalue weighted by Crippen LogP contribution is -2.23. The largest absolute Gasteiger partial charge is 0.361 e. The molecule has 0 bridgehead atoms. The number of aryl methyl sites for hydroxylation is 1. The van der Waals surface area contributed by atoms with Crippen molar-refractivity contribution < 1.29 is 4.79 Å². The number of fused-ring (bicyclic) bond motifs is 1. The molecule has 0 atom stereocenters. The number of carbonyl (C=O) groups is 1. The van der Waals surface area contributed by atoms with E-state index in [0.717, 1.165) is 22.3 Å². The number of carbonyl (C=O) groups excluding carboxylic acids is 1. The van der Waals surface area contributed by atoms with Gasteiger partial charge in [-0.25, -0.2) is 0 Å². The first kappa shape index (κ1) is 12.3. The van der Waals surface area contributed by atoms with Gasteiger partial charge < -0.3 is 10.3 Å². The first-order chi connectivity index (χ1) is 9.72. The molecular formula is C15H14N4O. The topological polar surface area (TPSA) is 70.7 Å². The predicted molar refractivity (Wildman–Crippen MR) is 76.2 cm³/mol. The first-order valence-electron chi connectivity index (χ1n) is 6.35. The molecule has 0 spiro atoms. The molecule has 2 heterocycles. The van der Waals surface area contributed by atoms with Crippen molar-refractivity contribution in [2.24, 2.45) is 0 Å². The van der Waals surface area contributed by atoms with Crippen LogP contribution in [0.2, 0.25) is 0 Å². The molecule has 0 aliphatic rings. The van der Waals surface area contributed by atoms with Crippen molar-refractivity contribution >= 4 is 16.8 Å². The summed E-state index contributed by atoms with van der Waals surface area (Å²) in [6, 6.07) is 7.54. The zero-order chi connectivity index (χ0) is 13.9. The molecule has 3 rings (SSSR count). The van der Waals surface area contributed by atoms with Crippen LogP contribution in [0.5, 0.6) is 0 Å². The van der Waals surface area contributed by atoms with E-state index in [-0.39, 0.29) is 5.91 Å². The number of rotatable bonds is 3. The molecule has 2 aromatic heterocycles. The standard InChI is InChI=1S/C15H14N4O/c1-10-7-18-13(8-17-10)9-19-15(20)12-3-2-11-4-5-16-14(11)6-12/h2-8,16H,9H2,1H3,(H,19,20). The number of nitrogens with one attached hydrogen (secondary N) is 2. The average molecular weight is 266 g/mol. The lowest BCUT2D eigenvalue weighted by Gasteiger charge is -2.05. The summed E-state index contributed by atoms with van der Waals surface area (Å²) >= 11 is 0. The molecule has 100 valence electrons. The number of benzene rings is 1. The molecule has 0 saturated carbocycles. The minimum atomic E-state index is -0.121. The van der Waals surface area contributed by atoms with E-state index in [9.17, 15) is 4.79 Å². The van der Waals surface area contributed by atoms with E-state index in [1.165, 1.54) is 0 Å². The summed E-state index contributed by atoms with van der Waals surface area (Å²) in [5.41, 5.74) is 3.18. The van der Waals surface area contributed by atoms with Gasteiger partial charge in [0.2, 0.25) is 0 Å². The van der Waals surface area contributed by atoms with Crippen LogP contribution in [0, 0.1) is 6.92 Å². The van der Waals surface area contributed by atoms with Gasteiger partial charge in [0.25, 0.3) is 5.91 Å². The second-order valence-corrected chi connectivity index (χ2v) is 4.61. The quantitative estimate of drug-likeness (QED) is 0.763. The molecular weight excluding hydrogens is 252 g/mol. The van der Waals surface area contributed by atoms with Crippen molar-refractivity contribution in [2.75, 3.05) is 0 Å². The van der Waals surface area contributed by atoms with Crippen LogP contribution in [0.1, 0.15) is 21.7 Å². The fraction of sp³-hybridized carbons (Fsp3) is 0.133. The Morgan fingerprint density at radius 1 is 1.25 bits per heavy atom. The first-order valence-corrected chi connectivity index (χ1v) is 6.35. The number of aromatic amines is 1. The van der Waals surface area contributed by atoms with E-state index in [4.69, 9.17) is 0 Å². The Morgan fingerprint density at radius 3 is 2.95 bits per heavy atom. The minimum Gasteiger partial charge on any atom is -0.361 e. The van der Waals surface area contributed by atoms with Gasteiger partial charge in [-0.1, -0.05) is 6.07 Å². The SMILES string of the molecule is Cc1cnc(CNC(=O)c2ccc3cc[nH]c3c2)cn1. The summed E-state index contributed by atoms with van der Waals surface area (Å²) in [5, 5.41) is 3.93. The summed E-state index contributed by atoms with van der Waals surface area (Å²) < 4.78 is 0. The number of H-pyrrole nitrogens is 1. The zero-order valence-corrected chi connectivity index (χ0v) is 11.1. The third kappa shape index (κ3) is 2.51. The summed E-state index contributed by atoms with van der Waals surface area (Å²) in [7, 11) is 0. The van der Waals surface area contributed by atoms with Crippen LogP contribution in [0.25, 0.3) is 10.9 Å². The number of amides is 1. The molecule has 0 saturated heterocycles. The normalized spacial score (nSPS) is 10.7. The van der Waals surface area contributed by atoms with Crippen molar-refractivity contribution in [3.8, 4) is 0 Å². The monoisotopic (exact) mass is 266 g/mol. The van der Waals surface area contributed by atoms with E-state index in [1.54, 1.807) is 12.4 Å². The van der Waals surface area contributed by atoms with Crippen molar-refractivity contribution in [1.29, 1.82) is 0 Å². The highest BCUT2D eigenvalue weighted by atomic mass is 16.1. The van der Waals surface area contributed by atoms with E-state index >= 15 is 0 Å². The highest BCUT2D eigenvalue weighted by Crippen LogP contribution is 2.14. The number of nitrogens with zero attached hydrogens (tertiary/aromatic N) is 2. The molecule has 0 aliphatic heterocycles. The maximum Gasteiger partial charge on any atom is 0.251 e. The second kappa shape index (κ2) is 5.13. The zero-order valence-electron chi connectivity index (χ0n) is 11.1. The fourth-order valence-corrected chi connectivity index (χ4v) is 1.97. The Morgan fingerprint density at radius 2 is 2.15 bits per heavy atom. The second-order valence-electron chi connectivity index (χ2n) is 4.61. The van der Waals surface area contributed by atoms with Crippen molar-refractivity contribution in [1.82, 2.24) is 20.3 Å². The van der Waals surface area contributed by atoms with Crippen LogP contribution in [0.15, 0.2) is 42.9 Å². The van der Waals surface area contributed by atoms with Gasteiger partial charge in [-0.2, -0.15) is 0 Å². The molecule has 1 aromatic carbocycles. The van der Waals surface area contributed by atoms with Crippen LogP contribution in [0.4, 0.5) is 0 Å². The highest BCUT2D eigenvalue weighted by molar-refractivity contribution is 5.97. The molecule has 0 aliphatic carbocycles. The molecule has 0 radical (unpaired) electrons. The predicted octanol–water partition coefficient (Wildman–Crippen LogP) is 2.20. The Labute approximate surface area is 116 Å². The fourth-order valence-electron chi connectivity index (χ4n) is 1.97. The van der Waals surface area contributed by atoms with Crippen LogP contribution in [-0.2, 0) is 6.54 Å². The molecule has 20 heavy (non-hydrogen) atoms. The van der Waals surface area contributed by atoms with Crippen molar-refractivity contribution in [2.45, 2.75) is 13.5 Å². The van der Waals surface area contributed by atoms with E-state index < -0.39 is 0 Å². The molecule has 1 amide bonds. The van der Waals surface area contributed by atoms with Gasteiger partial charge in [-0.15, -0.1) is 0 Å². The van der Waals surface area contributed by atoms with Crippen LogP contribution < -0.4 is 5.32 Å². The average Bonchev–Trinajstić information content (AvgIpc) is 2.93. The minimum absolute atomic E-state index is 0.121. The Balaban J connectivity index is 1.70. The lowest BCUT2D eigenvalue weighted by atomic mass is 10.1. The van der Waals surface area contributed by atoms with E-state index in [2.05, 4.69) is 20.3 Å². The Bertz CT molecular complexity index is 746.